The van der Waals surface area contributed by atoms with Crippen LogP contribution in [0.2, 0.25) is 0 Å². The summed E-state index contributed by atoms with van der Waals surface area (Å²) in [7, 11) is 1.70. The number of nitrogen functional groups attached to an aromatic ring is 1. The molecule has 2 heterocycles. The molecule has 0 radical (unpaired) electrons. The highest BCUT2D eigenvalue weighted by Gasteiger charge is 2.25. The Morgan fingerprint density at radius 2 is 1.88 bits per heavy atom. The lowest BCUT2D eigenvalue weighted by Gasteiger charge is -2.32. The first-order valence-electron chi connectivity index (χ1n) is 11.5. The van der Waals surface area contributed by atoms with E-state index in [9.17, 15) is 4.79 Å². The number of fused-ring (bicyclic) bond motifs is 1. The summed E-state index contributed by atoms with van der Waals surface area (Å²) < 4.78 is 5.76. The maximum absolute atomic E-state index is 11.7. The number of rotatable bonds is 5. The van der Waals surface area contributed by atoms with E-state index < -0.39 is 0 Å². The van der Waals surface area contributed by atoms with E-state index in [0.29, 0.717) is 11.7 Å². The van der Waals surface area contributed by atoms with Gasteiger partial charge in [-0.25, -0.2) is 9.97 Å². The Bertz CT molecular complexity index is 1160. The number of likely N-dealkylation sites (tertiary alicyclic amines) is 1. The second-order valence-corrected chi connectivity index (χ2v) is 9.05. The smallest absolute Gasteiger partial charge is 0.219 e. The molecule has 7 heteroatoms. The van der Waals surface area contributed by atoms with Crippen molar-refractivity contribution in [3.8, 4) is 5.75 Å². The average Bonchev–Trinajstić information content (AvgIpc) is 2.77. The number of benzene rings is 2. The predicted octanol–water partition coefficient (Wildman–Crippen LogP) is 4.74. The molecular formula is C26H33N5O2. The van der Waals surface area contributed by atoms with Gasteiger partial charge >= 0.3 is 0 Å². The van der Waals surface area contributed by atoms with Gasteiger partial charge in [0.25, 0.3) is 0 Å². The predicted molar refractivity (Wildman–Crippen MR) is 133 cm³/mol. The summed E-state index contributed by atoms with van der Waals surface area (Å²) in [6, 6.07) is 10.3. The third-order valence-electron chi connectivity index (χ3n) is 6.51. The second-order valence-electron chi connectivity index (χ2n) is 9.05. The van der Waals surface area contributed by atoms with E-state index in [2.05, 4.69) is 29.4 Å². The second kappa shape index (κ2) is 9.25. The molecular weight excluding hydrogens is 414 g/mol. The molecule has 0 saturated carbocycles. The Kier molecular flexibility index (Phi) is 6.40. The Morgan fingerprint density at radius 1 is 1.15 bits per heavy atom. The van der Waals surface area contributed by atoms with Crippen LogP contribution in [0.25, 0.3) is 10.9 Å². The molecule has 1 saturated heterocycles. The number of hydrogen-bond donors (Lipinski definition) is 2. The third kappa shape index (κ3) is 4.87. The van der Waals surface area contributed by atoms with Gasteiger partial charge in [-0.2, -0.15) is 0 Å². The molecule has 3 aromatic rings. The van der Waals surface area contributed by atoms with Crippen molar-refractivity contribution in [3.63, 3.8) is 0 Å². The fourth-order valence-corrected chi connectivity index (χ4v) is 4.78. The summed E-state index contributed by atoms with van der Waals surface area (Å²) in [6.45, 7) is 9.23. The van der Waals surface area contributed by atoms with E-state index in [4.69, 9.17) is 15.5 Å². The summed E-state index contributed by atoms with van der Waals surface area (Å²) in [4.78, 5) is 23.1. The number of hydrogen-bond acceptors (Lipinski definition) is 6. The zero-order chi connectivity index (χ0) is 23.7. The first-order chi connectivity index (χ1) is 15.7. The van der Waals surface area contributed by atoms with Crippen LogP contribution in [0.3, 0.4) is 0 Å². The zero-order valence-electron chi connectivity index (χ0n) is 20.1. The zero-order valence-corrected chi connectivity index (χ0v) is 20.1. The fourth-order valence-electron chi connectivity index (χ4n) is 4.78. The van der Waals surface area contributed by atoms with Gasteiger partial charge in [0.2, 0.25) is 5.91 Å². The first kappa shape index (κ1) is 22.8. The number of anilines is 2. The van der Waals surface area contributed by atoms with Crippen molar-refractivity contribution in [1.82, 2.24) is 14.9 Å². The number of amides is 1. The van der Waals surface area contributed by atoms with E-state index in [1.54, 1.807) is 14.0 Å². The molecule has 1 fully saturated rings. The molecule has 4 rings (SSSR count). The number of aryl methyl sites for hydroxylation is 2. The van der Waals surface area contributed by atoms with Crippen molar-refractivity contribution in [2.45, 2.75) is 52.5 Å². The SMILES string of the molecule is COc1cc2nc(C)nc(N[C@H](C)c3cc(C)cc(N)c3)c2cc1C1CCN(C(C)=O)CC1. The minimum Gasteiger partial charge on any atom is -0.496 e. The van der Waals surface area contributed by atoms with Crippen LogP contribution in [0.15, 0.2) is 30.3 Å². The molecule has 0 bridgehead atoms. The van der Waals surface area contributed by atoms with Crippen molar-refractivity contribution in [1.29, 1.82) is 0 Å². The lowest BCUT2D eigenvalue weighted by atomic mass is 9.88. The van der Waals surface area contributed by atoms with Gasteiger partial charge in [-0.05, 0) is 74.4 Å². The van der Waals surface area contributed by atoms with Gasteiger partial charge in [-0.15, -0.1) is 0 Å². The number of piperidine rings is 1. The van der Waals surface area contributed by atoms with Crippen LogP contribution in [0.5, 0.6) is 5.75 Å². The maximum Gasteiger partial charge on any atom is 0.219 e. The number of nitrogens with zero attached hydrogens (tertiary/aromatic N) is 3. The monoisotopic (exact) mass is 447 g/mol. The topological polar surface area (TPSA) is 93.4 Å². The summed E-state index contributed by atoms with van der Waals surface area (Å²) in [5, 5.41) is 4.56. The van der Waals surface area contributed by atoms with Crippen molar-refractivity contribution in [2.24, 2.45) is 0 Å². The summed E-state index contributed by atoms with van der Waals surface area (Å²) in [6.07, 6.45) is 1.83. The number of ether oxygens (including phenoxy) is 1. The molecule has 3 N–H and O–H groups in total. The van der Waals surface area contributed by atoms with Crippen LogP contribution in [0.1, 0.15) is 61.2 Å². The van der Waals surface area contributed by atoms with Gasteiger partial charge in [-0.3, -0.25) is 4.79 Å². The quantitative estimate of drug-likeness (QED) is 0.549. The first-order valence-corrected chi connectivity index (χ1v) is 11.5. The highest BCUT2D eigenvalue weighted by molar-refractivity contribution is 5.91. The van der Waals surface area contributed by atoms with Crippen molar-refractivity contribution < 1.29 is 9.53 Å². The molecule has 1 amide bonds. The fraction of sp³-hybridized carbons (Fsp3) is 0.423. The lowest BCUT2D eigenvalue weighted by Crippen LogP contribution is -2.36. The normalized spacial score (nSPS) is 15.5. The average molecular weight is 448 g/mol. The minimum atomic E-state index is 0.0223. The van der Waals surface area contributed by atoms with Gasteiger partial charge < -0.3 is 20.7 Å². The third-order valence-corrected chi connectivity index (χ3v) is 6.51. The van der Waals surface area contributed by atoms with Crippen LogP contribution < -0.4 is 15.8 Å². The molecule has 1 aromatic heterocycles. The number of nitrogens with one attached hydrogen (secondary N) is 1. The molecule has 7 nitrogen and oxygen atoms in total. The highest BCUT2D eigenvalue weighted by atomic mass is 16.5. The molecule has 0 spiro atoms. The van der Waals surface area contributed by atoms with Crippen LogP contribution >= 0.6 is 0 Å². The van der Waals surface area contributed by atoms with Gasteiger partial charge in [-0.1, -0.05) is 6.07 Å². The Balaban J connectivity index is 1.71. The number of methoxy groups -OCH3 is 1. The lowest BCUT2D eigenvalue weighted by molar-refractivity contribution is -0.129. The molecule has 0 unspecified atom stereocenters. The molecule has 1 aliphatic heterocycles. The van der Waals surface area contributed by atoms with E-state index in [1.165, 1.54) is 0 Å². The molecule has 0 aliphatic carbocycles. The van der Waals surface area contributed by atoms with Crippen LogP contribution in [-0.2, 0) is 4.79 Å². The van der Waals surface area contributed by atoms with Crippen LogP contribution in [-0.4, -0.2) is 41.0 Å². The largest absolute Gasteiger partial charge is 0.496 e. The van der Waals surface area contributed by atoms with Gasteiger partial charge in [0, 0.05) is 37.2 Å². The van der Waals surface area contributed by atoms with E-state index >= 15 is 0 Å². The minimum absolute atomic E-state index is 0.0223. The molecule has 1 atom stereocenters. The summed E-state index contributed by atoms with van der Waals surface area (Å²) >= 11 is 0. The van der Waals surface area contributed by atoms with Gasteiger partial charge in [0.1, 0.15) is 17.4 Å². The number of aromatic nitrogens is 2. The summed E-state index contributed by atoms with van der Waals surface area (Å²) in [5.41, 5.74) is 11.1. The van der Waals surface area contributed by atoms with E-state index in [1.807, 2.05) is 36.9 Å². The Hall–Kier alpha value is -3.35. The van der Waals surface area contributed by atoms with E-state index in [-0.39, 0.29) is 11.9 Å². The number of carbonyl (C=O) groups excluding carboxylic acids is 1. The highest BCUT2D eigenvalue weighted by Crippen LogP contribution is 2.38. The van der Waals surface area contributed by atoms with Gasteiger partial charge in [0.15, 0.2) is 0 Å². The summed E-state index contributed by atoms with van der Waals surface area (Å²) in [5.74, 6) is 2.80. The Morgan fingerprint density at radius 3 is 2.52 bits per heavy atom. The molecule has 2 aromatic carbocycles. The van der Waals surface area contributed by atoms with E-state index in [0.717, 1.165) is 70.8 Å². The maximum atomic E-state index is 11.7. The standard InChI is InChI=1S/C26H33N5O2/c1-15-10-20(12-21(27)11-15)16(2)28-26-23-13-22(19-6-8-31(9-7-19)18(4)32)25(33-5)14-24(23)29-17(3)30-26/h10-14,16,19H,6-9,27H2,1-5H3,(H,28,29,30)/t16-/m1/s1. The van der Waals surface area contributed by atoms with Crippen LogP contribution in [0.4, 0.5) is 11.5 Å². The molecule has 1 aliphatic rings. The molecule has 33 heavy (non-hydrogen) atoms. The number of carbonyl (C=O) groups is 1. The Labute approximate surface area is 195 Å². The number of nitrogens with two attached hydrogens (primary N) is 1. The van der Waals surface area contributed by atoms with Gasteiger partial charge in [0.05, 0.1) is 18.7 Å². The van der Waals surface area contributed by atoms with Crippen molar-refractivity contribution >= 4 is 28.3 Å². The van der Waals surface area contributed by atoms with Crippen LogP contribution in [0, 0.1) is 13.8 Å². The molecule has 174 valence electrons. The van der Waals surface area contributed by atoms with Crippen molar-refractivity contribution in [3.05, 3.63) is 52.8 Å². The van der Waals surface area contributed by atoms with Crippen molar-refractivity contribution in [2.75, 3.05) is 31.2 Å².